The zero-order valence-corrected chi connectivity index (χ0v) is 9.00. The molecule has 1 rings (SSSR count). The Hall–Kier alpha value is -1.58. The quantitative estimate of drug-likeness (QED) is 0.573. The first-order valence-electron chi connectivity index (χ1n) is 4.58. The van der Waals surface area contributed by atoms with Crippen molar-refractivity contribution in [3.05, 3.63) is 29.6 Å². The van der Waals surface area contributed by atoms with Crippen LogP contribution in [0, 0.1) is 5.82 Å². The van der Waals surface area contributed by atoms with Gasteiger partial charge in [0.05, 0.1) is 5.56 Å². The van der Waals surface area contributed by atoms with Crippen molar-refractivity contribution in [2.45, 2.75) is 26.4 Å². The third-order valence-corrected chi connectivity index (χ3v) is 1.63. The minimum Gasteiger partial charge on any atom is -0.456 e. The molecule has 0 fully saturated rings. The maximum Gasteiger partial charge on any atom is 0.340 e. The first-order chi connectivity index (χ1) is 6.79. The van der Waals surface area contributed by atoms with E-state index in [1.165, 1.54) is 12.1 Å². The van der Waals surface area contributed by atoms with Crippen LogP contribution < -0.4 is 5.73 Å². The summed E-state index contributed by atoms with van der Waals surface area (Å²) >= 11 is 0. The number of rotatable bonds is 1. The van der Waals surface area contributed by atoms with Gasteiger partial charge in [-0.1, -0.05) is 0 Å². The Bertz CT molecular complexity index is 383. The Labute approximate surface area is 88.0 Å². The van der Waals surface area contributed by atoms with Gasteiger partial charge in [0.25, 0.3) is 0 Å². The van der Waals surface area contributed by atoms with Crippen LogP contribution in [0.25, 0.3) is 0 Å². The van der Waals surface area contributed by atoms with Gasteiger partial charge in [0, 0.05) is 5.69 Å². The van der Waals surface area contributed by atoms with Gasteiger partial charge in [0.1, 0.15) is 11.4 Å². The monoisotopic (exact) mass is 211 g/mol. The molecule has 0 saturated heterocycles. The van der Waals surface area contributed by atoms with Gasteiger partial charge in [-0.15, -0.1) is 0 Å². The van der Waals surface area contributed by atoms with Crippen LogP contribution in [0.15, 0.2) is 18.2 Å². The van der Waals surface area contributed by atoms with E-state index >= 15 is 0 Å². The van der Waals surface area contributed by atoms with Crippen LogP contribution in [0.2, 0.25) is 0 Å². The first kappa shape index (κ1) is 11.5. The summed E-state index contributed by atoms with van der Waals surface area (Å²) in [7, 11) is 0. The molecular formula is C11H14FNO2. The molecule has 0 radical (unpaired) electrons. The molecule has 1 aromatic rings. The minimum atomic E-state index is -0.615. The Balaban J connectivity index is 2.96. The molecule has 0 unspecified atom stereocenters. The highest BCUT2D eigenvalue weighted by atomic mass is 19.1. The predicted octanol–water partition coefficient (Wildman–Crippen LogP) is 2.36. The lowest BCUT2D eigenvalue weighted by molar-refractivity contribution is 0.00703. The fourth-order valence-corrected chi connectivity index (χ4v) is 1.04. The van der Waals surface area contributed by atoms with Crippen molar-refractivity contribution in [1.29, 1.82) is 0 Å². The highest BCUT2D eigenvalue weighted by Crippen LogP contribution is 2.18. The minimum absolute atomic E-state index is 0.0601. The second-order valence-electron chi connectivity index (χ2n) is 4.23. The number of halogens is 1. The number of esters is 1. The van der Waals surface area contributed by atoms with Gasteiger partial charge in [0.2, 0.25) is 0 Å². The van der Waals surface area contributed by atoms with E-state index in [4.69, 9.17) is 10.5 Å². The van der Waals surface area contributed by atoms with Crippen molar-refractivity contribution in [3.63, 3.8) is 0 Å². The molecule has 0 aliphatic rings. The average Bonchev–Trinajstić information content (AvgIpc) is 2.06. The molecule has 0 aliphatic heterocycles. The third kappa shape index (κ3) is 3.23. The molecule has 0 atom stereocenters. The summed E-state index contributed by atoms with van der Waals surface area (Å²) in [6.07, 6.45) is 0. The van der Waals surface area contributed by atoms with Crippen molar-refractivity contribution in [3.8, 4) is 0 Å². The van der Waals surface area contributed by atoms with Crippen LogP contribution in [0.5, 0.6) is 0 Å². The molecule has 0 aromatic heterocycles. The fourth-order valence-electron chi connectivity index (χ4n) is 1.04. The van der Waals surface area contributed by atoms with Crippen molar-refractivity contribution in [2.24, 2.45) is 0 Å². The molecule has 3 nitrogen and oxygen atoms in total. The van der Waals surface area contributed by atoms with Gasteiger partial charge < -0.3 is 10.5 Å². The summed E-state index contributed by atoms with van der Waals surface area (Å²) < 4.78 is 18.0. The molecule has 0 heterocycles. The van der Waals surface area contributed by atoms with Gasteiger partial charge in [-0.25, -0.2) is 9.18 Å². The normalized spacial score (nSPS) is 11.2. The van der Waals surface area contributed by atoms with Crippen LogP contribution in [-0.2, 0) is 4.74 Å². The molecule has 0 bridgehead atoms. The third-order valence-electron chi connectivity index (χ3n) is 1.63. The standard InChI is InChI=1S/C11H14FNO2/c1-11(2,3)15-10(14)8-6-7(12)4-5-9(8)13/h4-6H,13H2,1-3H3. The Morgan fingerprint density at radius 1 is 1.40 bits per heavy atom. The summed E-state index contributed by atoms with van der Waals surface area (Å²) in [5, 5.41) is 0. The number of anilines is 1. The highest BCUT2D eigenvalue weighted by Gasteiger charge is 2.19. The number of nitrogen functional groups attached to an aromatic ring is 1. The average molecular weight is 211 g/mol. The summed E-state index contributed by atoms with van der Waals surface area (Å²) in [6.45, 7) is 5.21. The van der Waals surface area contributed by atoms with Crippen molar-refractivity contribution < 1.29 is 13.9 Å². The van der Waals surface area contributed by atoms with E-state index in [2.05, 4.69) is 0 Å². The number of hydrogen-bond donors (Lipinski definition) is 1. The largest absolute Gasteiger partial charge is 0.456 e. The van der Waals surface area contributed by atoms with Crippen molar-refractivity contribution in [1.82, 2.24) is 0 Å². The second kappa shape index (κ2) is 3.88. The maximum absolute atomic E-state index is 12.9. The molecule has 2 N–H and O–H groups in total. The zero-order chi connectivity index (χ0) is 11.6. The van der Waals surface area contributed by atoms with Crippen LogP contribution in [0.1, 0.15) is 31.1 Å². The van der Waals surface area contributed by atoms with E-state index in [-0.39, 0.29) is 11.3 Å². The van der Waals surface area contributed by atoms with Crippen molar-refractivity contribution >= 4 is 11.7 Å². The number of carbonyl (C=O) groups is 1. The zero-order valence-electron chi connectivity index (χ0n) is 9.00. The van der Waals surface area contributed by atoms with E-state index in [0.29, 0.717) is 0 Å². The Kier molecular flexibility index (Phi) is 2.98. The second-order valence-corrected chi connectivity index (χ2v) is 4.23. The van der Waals surface area contributed by atoms with Crippen molar-refractivity contribution in [2.75, 3.05) is 5.73 Å². The number of nitrogens with two attached hydrogens (primary N) is 1. The van der Waals surface area contributed by atoms with Gasteiger partial charge >= 0.3 is 5.97 Å². The predicted molar refractivity (Wildman–Crippen MR) is 56.0 cm³/mol. The topological polar surface area (TPSA) is 52.3 Å². The molecular weight excluding hydrogens is 197 g/mol. The van der Waals surface area contributed by atoms with Crippen LogP contribution in [0.4, 0.5) is 10.1 Å². The lowest BCUT2D eigenvalue weighted by Crippen LogP contribution is -2.24. The highest BCUT2D eigenvalue weighted by molar-refractivity contribution is 5.95. The molecule has 15 heavy (non-hydrogen) atoms. The first-order valence-corrected chi connectivity index (χ1v) is 4.58. The van der Waals surface area contributed by atoms with Gasteiger partial charge in [0.15, 0.2) is 0 Å². The Morgan fingerprint density at radius 3 is 2.53 bits per heavy atom. The smallest absolute Gasteiger partial charge is 0.340 e. The van der Waals surface area contributed by atoms with Crippen LogP contribution in [0.3, 0.4) is 0 Å². The molecule has 1 aromatic carbocycles. The molecule has 0 aliphatic carbocycles. The number of benzene rings is 1. The van der Waals surface area contributed by atoms with E-state index in [0.717, 1.165) is 6.07 Å². The lowest BCUT2D eigenvalue weighted by Gasteiger charge is -2.19. The van der Waals surface area contributed by atoms with Crippen LogP contribution in [-0.4, -0.2) is 11.6 Å². The molecule has 0 spiro atoms. The SMILES string of the molecule is CC(C)(C)OC(=O)c1cc(F)ccc1N. The lowest BCUT2D eigenvalue weighted by atomic mass is 10.1. The fraction of sp³-hybridized carbons (Fsp3) is 0.364. The Morgan fingerprint density at radius 2 is 2.00 bits per heavy atom. The van der Waals surface area contributed by atoms with E-state index < -0.39 is 17.4 Å². The molecule has 82 valence electrons. The van der Waals surface area contributed by atoms with Gasteiger partial charge in [-0.05, 0) is 39.0 Å². The van der Waals surface area contributed by atoms with Crippen LogP contribution >= 0.6 is 0 Å². The van der Waals surface area contributed by atoms with E-state index in [9.17, 15) is 9.18 Å². The summed E-state index contributed by atoms with van der Waals surface area (Å²) in [5.74, 6) is -1.12. The van der Waals surface area contributed by atoms with E-state index in [1.807, 2.05) is 0 Å². The summed E-state index contributed by atoms with van der Waals surface area (Å²) in [6, 6.07) is 3.61. The molecule has 4 heteroatoms. The van der Waals surface area contributed by atoms with Gasteiger partial charge in [-0.2, -0.15) is 0 Å². The number of ether oxygens (including phenoxy) is 1. The molecule has 0 saturated carbocycles. The van der Waals surface area contributed by atoms with E-state index in [1.54, 1.807) is 20.8 Å². The summed E-state index contributed by atoms with van der Waals surface area (Å²) in [4.78, 5) is 11.6. The molecule has 0 amide bonds. The van der Waals surface area contributed by atoms with Gasteiger partial charge in [-0.3, -0.25) is 0 Å². The maximum atomic E-state index is 12.9. The number of carbonyl (C=O) groups excluding carboxylic acids is 1. The number of hydrogen-bond acceptors (Lipinski definition) is 3. The summed E-state index contributed by atoms with van der Waals surface area (Å²) in [5.41, 5.74) is 5.20.